The lowest BCUT2D eigenvalue weighted by Gasteiger charge is -2.34. The van der Waals surface area contributed by atoms with E-state index in [9.17, 15) is 9.59 Å². The molecule has 2 heterocycles. The van der Waals surface area contributed by atoms with Crippen molar-refractivity contribution in [3.63, 3.8) is 0 Å². The summed E-state index contributed by atoms with van der Waals surface area (Å²) in [7, 11) is 0. The molecule has 2 amide bonds. The van der Waals surface area contributed by atoms with Gasteiger partial charge in [-0.25, -0.2) is 0 Å². The van der Waals surface area contributed by atoms with Gasteiger partial charge in [-0.05, 0) is 30.3 Å². The van der Waals surface area contributed by atoms with Crippen LogP contribution in [0, 0.1) is 0 Å². The van der Waals surface area contributed by atoms with E-state index in [0.29, 0.717) is 60.6 Å². The Labute approximate surface area is 161 Å². The topological polar surface area (TPSA) is 65.8 Å². The number of amides is 2. The van der Waals surface area contributed by atoms with Gasteiger partial charge in [-0.3, -0.25) is 9.59 Å². The van der Waals surface area contributed by atoms with Gasteiger partial charge in [0.1, 0.15) is 0 Å². The maximum Gasteiger partial charge on any atom is 0.289 e. The lowest BCUT2D eigenvalue weighted by molar-refractivity contribution is -0.132. The summed E-state index contributed by atoms with van der Waals surface area (Å²) in [4.78, 5) is 28.0. The Bertz CT molecular complexity index is 772. The van der Waals surface area contributed by atoms with Crippen LogP contribution in [0.3, 0.4) is 0 Å². The fraction of sp³-hybridized carbons (Fsp3) is 0.333. The van der Waals surface area contributed by atoms with Crippen molar-refractivity contribution >= 4 is 40.7 Å². The molecule has 1 N–H and O–H groups in total. The second-order valence-electron chi connectivity index (χ2n) is 5.95. The van der Waals surface area contributed by atoms with Crippen molar-refractivity contribution in [1.29, 1.82) is 0 Å². The van der Waals surface area contributed by atoms with Gasteiger partial charge < -0.3 is 19.5 Å². The number of furan rings is 1. The first-order valence-electron chi connectivity index (χ1n) is 8.34. The smallest absolute Gasteiger partial charge is 0.289 e. The molecule has 8 heteroatoms. The molecule has 0 bridgehead atoms. The van der Waals surface area contributed by atoms with E-state index in [1.807, 2.05) is 0 Å². The van der Waals surface area contributed by atoms with Crippen molar-refractivity contribution in [2.75, 3.05) is 38.0 Å². The third-order valence-electron chi connectivity index (χ3n) is 4.23. The lowest BCUT2D eigenvalue weighted by Crippen LogP contribution is -2.50. The molecule has 2 aromatic rings. The van der Waals surface area contributed by atoms with Crippen LogP contribution in [-0.4, -0.2) is 54.3 Å². The fourth-order valence-corrected chi connectivity index (χ4v) is 3.17. The zero-order valence-electron chi connectivity index (χ0n) is 14.1. The van der Waals surface area contributed by atoms with E-state index in [4.69, 9.17) is 27.6 Å². The van der Waals surface area contributed by atoms with E-state index in [1.165, 1.54) is 6.26 Å². The first-order chi connectivity index (χ1) is 12.5. The van der Waals surface area contributed by atoms with Crippen molar-refractivity contribution in [2.45, 2.75) is 6.42 Å². The molecule has 3 rings (SSSR count). The molecule has 0 radical (unpaired) electrons. The Balaban J connectivity index is 1.44. The Morgan fingerprint density at radius 2 is 1.81 bits per heavy atom. The fourth-order valence-electron chi connectivity index (χ4n) is 2.81. The molecule has 1 saturated heterocycles. The number of anilines is 1. The number of hydrogen-bond acceptors (Lipinski definition) is 4. The van der Waals surface area contributed by atoms with Gasteiger partial charge in [0.15, 0.2) is 5.76 Å². The number of hydrogen-bond donors (Lipinski definition) is 1. The summed E-state index contributed by atoms with van der Waals surface area (Å²) in [5.41, 5.74) is 0.709. The predicted molar refractivity (Wildman–Crippen MR) is 101 cm³/mol. The Morgan fingerprint density at radius 1 is 1.08 bits per heavy atom. The van der Waals surface area contributed by atoms with E-state index in [2.05, 4.69) is 5.32 Å². The molecule has 138 valence electrons. The van der Waals surface area contributed by atoms with Crippen molar-refractivity contribution in [3.05, 3.63) is 52.4 Å². The molecule has 1 aliphatic rings. The molecule has 26 heavy (non-hydrogen) atoms. The molecule has 6 nitrogen and oxygen atoms in total. The van der Waals surface area contributed by atoms with Crippen LogP contribution in [0.2, 0.25) is 10.0 Å². The Hall–Kier alpha value is -2.18. The minimum atomic E-state index is -0.139. The summed E-state index contributed by atoms with van der Waals surface area (Å²) in [6.45, 7) is 2.49. The van der Waals surface area contributed by atoms with Crippen molar-refractivity contribution < 1.29 is 14.0 Å². The maximum atomic E-state index is 12.4. The summed E-state index contributed by atoms with van der Waals surface area (Å²) in [6, 6.07) is 8.49. The largest absolute Gasteiger partial charge is 0.459 e. The average Bonchev–Trinajstić information content (AvgIpc) is 3.18. The lowest BCUT2D eigenvalue weighted by atomic mass is 10.2. The molecule has 1 aromatic carbocycles. The van der Waals surface area contributed by atoms with E-state index >= 15 is 0 Å². The molecule has 1 aliphatic heterocycles. The molecular formula is C18H19Cl2N3O3. The Kier molecular flexibility index (Phi) is 6.06. The molecule has 1 fully saturated rings. The molecular weight excluding hydrogens is 377 g/mol. The highest BCUT2D eigenvalue weighted by atomic mass is 35.5. The zero-order chi connectivity index (χ0) is 18.5. The molecule has 0 aliphatic carbocycles. The summed E-state index contributed by atoms with van der Waals surface area (Å²) < 4.78 is 5.14. The highest BCUT2D eigenvalue weighted by Crippen LogP contribution is 2.25. The molecule has 1 aromatic heterocycles. The molecule has 0 unspecified atom stereocenters. The van der Waals surface area contributed by atoms with Gasteiger partial charge in [-0.2, -0.15) is 0 Å². The number of nitrogens with zero attached hydrogens (tertiary/aromatic N) is 2. The summed E-state index contributed by atoms with van der Waals surface area (Å²) in [6.07, 6.45) is 1.82. The quantitative estimate of drug-likeness (QED) is 0.842. The normalized spacial score (nSPS) is 14.4. The van der Waals surface area contributed by atoms with Crippen LogP contribution in [0.15, 0.2) is 41.0 Å². The summed E-state index contributed by atoms with van der Waals surface area (Å²) in [5.74, 6) is 0.229. The van der Waals surface area contributed by atoms with Gasteiger partial charge in [-0.1, -0.05) is 23.2 Å². The predicted octanol–water partition coefficient (Wildman–Crippen LogP) is 3.37. The average molecular weight is 396 g/mol. The van der Waals surface area contributed by atoms with Crippen LogP contribution in [0.4, 0.5) is 5.69 Å². The number of benzene rings is 1. The third kappa shape index (κ3) is 4.51. The maximum absolute atomic E-state index is 12.4. The van der Waals surface area contributed by atoms with Crippen LogP contribution >= 0.6 is 23.2 Å². The van der Waals surface area contributed by atoms with Crippen LogP contribution in [-0.2, 0) is 4.79 Å². The summed E-state index contributed by atoms with van der Waals surface area (Å²) >= 11 is 12.0. The van der Waals surface area contributed by atoms with Gasteiger partial charge in [0, 0.05) is 44.2 Å². The van der Waals surface area contributed by atoms with Gasteiger partial charge in [-0.15, -0.1) is 0 Å². The van der Waals surface area contributed by atoms with E-state index < -0.39 is 0 Å². The number of carbonyl (C=O) groups is 2. The number of carbonyl (C=O) groups excluding carboxylic acids is 2. The van der Waals surface area contributed by atoms with Gasteiger partial charge >= 0.3 is 0 Å². The van der Waals surface area contributed by atoms with Gasteiger partial charge in [0.05, 0.1) is 17.0 Å². The zero-order valence-corrected chi connectivity index (χ0v) is 15.6. The molecule has 0 saturated carbocycles. The minimum Gasteiger partial charge on any atom is -0.459 e. The van der Waals surface area contributed by atoms with E-state index in [0.717, 1.165) is 0 Å². The number of rotatable bonds is 5. The van der Waals surface area contributed by atoms with Crippen molar-refractivity contribution in [3.8, 4) is 0 Å². The second kappa shape index (κ2) is 8.47. The monoisotopic (exact) mass is 395 g/mol. The second-order valence-corrected chi connectivity index (χ2v) is 6.79. The van der Waals surface area contributed by atoms with Crippen LogP contribution in [0.5, 0.6) is 0 Å². The first kappa shape index (κ1) is 18.6. The van der Waals surface area contributed by atoms with Crippen molar-refractivity contribution in [1.82, 2.24) is 9.80 Å². The number of nitrogens with one attached hydrogen (secondary N) is 1. The number of halogens is 2. The van der Waals surface area contributed by atoms with E-state index in [-0.39, 0.29) is 11.8 Å². The highest BCUT2D eigenvalue weighted by molar-refractivity contribution is 6.35. The SMILES string of the molecule is O=C(CCNc1cc(Cl)ccc1Cl)N1CCN(C(=O)c2ccco2)CC1. The minimum absolute atomic E-state index is 0.0424. The summed E-state index contributed by atoms with van der Waals surface area (Å²) in [5, 5.41) is 4.27. The number of piperazine rings is 1. The first-order valence-corrected chi connectivity index (χ1v) is 9.09. The van der Waals surface area contributed by atoms with Crippen LogP contribution in [0.1, 0.15) is 17.0 Å². The Morgan fingerprint density at radius 3 is 2.50 bits per heavy atom. The van der Waals surface area contributed by atoms with Gasteiger partial charge in [0.25, 0.3) is 5.91 Å². The third-order valence-corrected chi connectivity index (χ3v) is 4.80. The van der Waals surface area contributed by atoms with E-state index in [1.54, 1.807) is 40.1 Å². The van der Waals surface area contributed by atoms with Crippen LogP contribution in [0.25, 0.3) is 0 Å². The molecule has 0 atom stereocenters. The standard InChI is InChI=1S/C18H19Cl2N3O3/c19-13-3-4-14(20)15(12-13)21-6-5-17(24)22-7-9-23(10-8-22)18(25)16-2-1-11-26-16/h1-4,11-12,21H,5-10H2. The molecule has 0 spiro atoms. The van der Waals surface area contributed by atoms with Gasteiger partial charge in [0.2, 0.25) is 5.91 Å². The van der Waals surface area contributed by atoms with Crippen LogP contribution < -0.4 is 5.32 Å². The van der Waals surface area contributed by atoms with Crippen molar-refractivity contribution in [2.24, 2.45) is 0 Å². The highest BCUT2D eigenvalue weighted by Gasteiger charge is 2.25.